The Hall–Kier alpha value is -1.42. The van der Waals surface area contributed by atoms with Gasteiger partial charge in [-0.3, -0.25) is 4.79 Å². The van der Waals surface area contributed by atoms with Crippen LogP contribution in [0, 0.1) is 0 Å². The van der Waals surface area contributed by atoms with Gasteiger partial charge in [-0.25, -0.2) is 0 Å². The van der Waals surface area contributed by atoms with Gasteiger partial charge in [0.1, 0.15) is 0 Å². The molecule has 0 aliphatic carbocycles. The Labute approximate surface area is 68.6 Å². The van der Waals surface area contributed by atoms with Crippen LogP contribution in [0.1, 0.15) is 5.56 Å². The molecule has 12 heavy (non-hydrogen) atoms. The van der Waals surface area contributed by atoms with Crippen molar-refractivity contribution in [2.45, 2.75) is 5.85 Å². The fraction of sp³-hybridized carbons (Fsp3) is 0.125. The summed E-state index contributed by atoms with van der Waals surface area (Å²) in [6.07, 6.45) is 0. The molecular formula is C8H8FNO2. The van der Waals surface area contributed by atoms with Crippen molar-refractivity contribution >= 4 is 5.91 Å². The van der Waals surface area contributed by atoms with Crippen LogP contribution in [0.25, 0.3) is 0 Å². The Morgan fingerprint density at radius 2 is 1.92 bits per heavy atom. The molecule has 0 saturated heterocycles. The topological polar surface area (TPSA) is 63.3 Å². The normalized spacial score (nSPS) is 15.2. The molecule has 0 aromatic heterocycles. The zero-order valence-corrected chi connectivity index (χ0v) is 6.20. The Bertz CT molecular complexity index is 284. The maximum Gasteiger partial charge on any atom is 0.312 e. The van der Waals surface area contributed by atoms with Gasteiger partial charge in [0, 0.05) is 5.56 Å². The molecule has 0 fully saturated rings. The number of carbonyl (C=O) groups is 1. The molecule has 1 aromatic rings. The third-order valence-electron chi connectivity index (χ3n) is 1.48. The highest BCUT2D eigenvalue weighted by Gasteiger charge is 2.35. The van der Waals surface area contributed by atoms with Gasteiger partial charge < -0.3 is 10.8 Å². The lowest BCUT2D eigenvalue weighted by Crippen LogP contribution is -2.36. The number of halogens is 1. The van der Waals surface area contributed by atoms with Crippen LogP contribution in [-0.2, 0) is 10.6 Å². The van der Waals surface area contributed by atoms with E-state index in [2.05, 4.69) is 5.73 Å². The first-order valence-electron chi connectivity index (χ1n) is 3.32. The summed E-state index contributed by atoms with van der Waals surface area (Å²) in [5.74, 6) is -4.48. The van der Waals surface area contributed by atoms with Gasteiger partial charge in [0.15, 0.2) is 0 Å². The summed E-state index contributed by atoms with van der Waals surface area (Å²) in [4.78, 5) is 10.4. The van der Waals surface area contributed by atoms with Crippen LogP contribution in [-0.4, -0.2) is 11.0 Å². The third kappa shape index (κ3) is 1.43. The van der Waals surface area contributed by atoms with Crippen molar-refractivity contribution in [2.75, 3.05) is 0 Å². The van der Waals surface area contributed by atoms with Crippen molar-refractivity contribution in [3.05, 3.63) is 35.9 Å². The summed E-state index contributed by atoms with van der Waals surface area (Å²) >= 11 is 0. The van der Waals surface area contributed by atoms with Crippen molar-refractivity contribution in [1.82, 2.24) is 0 Å². The monoisotopic (exact) mass is 169 g/mol. The number of rotatable bonds is 2. The van der Waals surface area contributed by atoms with Gasteiger partial charge in [-0.1, -0.05) is 30.3 Å². The second kappa shape index (κ2) is 2.91. The fourth-order valence-electron chi connectivity index (χ4n) is 0.801. The number of carbonyl (C=O) groups excluding carboxylic acids is 1. The molecule has 0 bridgehead atoms. The molecule has 0 radical (unpaired) electrons. The number of primary amides is 1. The van der Waals surface area contributed by atoms with Crippen molar-refractivity contribution < 1.29 is 14.3 Å². The standard InChI is InChI=1S/C8H8FNO2/c9-8(12,7(10)11)6-4-2-1-3-5-6/h1-5,12H,(H2,10,11). The quantitative estimate of drug-likeness (QED) is 0.668. The molecular weight excluding hydrogens is 161 g/mol. The van der Waals surface area contributed by atoms with E-state index in [0.29, 0.717) is 0 Å². The van der Waals surface area contributed by atoms with Crippen LogP contribution in [0.2, 0.25) is 0 Å². The Kier molecular flexibility index (Phi) is 2.10. The largest absolute Gasteiger partial charge is 0.364 e. The summed E-state index contributed by atoms with van der Waals surface area (Å²) in [6, 6.07) is 7.21. The Morgan fingerprint density at radius 3 is 2.33 bits per heavy atom. The van der Waals surface area contributed by atoms with E-state index in [1.165, 1.54) is 24.3 Å². The maximum absolute atomic E-state index is 13.0. The molecule has 1 rings (SSSR count). The number of aliphatic hydroxyl groups is 1. The van der Waals surface area contributed by atoms with Gasteiger partial charge in [0.25, 0.3) is 5.91 Å². The van der Waals surface area contributed by atoms with Gasteiger partial charge in [-0.15, -0.1) is 0 Å². The summed E-state index contributed by atoms with van der Waals surface area (Å²) < 4.78 is 13.0. The average Bonchev–Trinajstić information content (AvgIpc) is 2.06. The fourth-order valence-corrected chi connectivity index (χ4v) is 0.801. The number of alkyl halides is 1. The minimum atomic E-state index is -3.07. The Balaban J connectivity index is 3.06. The van der Waals surface area contributed by atoms with E-state index in [0.717, 1.165) is 0 Å². The Morgan fingerprint density at radius 1 is 1.42 bits per heavy atom. The number of hydrogen-bond donors (Lipinski definition) is 2. The van der Waals surface area contributed by atoms with E-state index in [-0.39, 0.29) is 5.56 Å². The van der Waals surface area contributed by atoms with Gasteiger partial charge in [0.05, 0.1) is 0 Å². The van der Waals surface area contributed by atoms with E-state index in [4.69, 9.17) is 5.11 Å². The zero-order valence-electron chi connectivity index (χ0n) is 6.20. The van der Waals surface area contributed by atoms with Gasteiger partial charge in [-0.05, 0) is 0 Å². The predicted molar refractivity (Wildman–Crippen MR) is 40.6 cm³/mol. The summed E-state index contributed by atoms with van der Waals surface area (Å²) in [7, 11) is 0. The second-order valence-corrected chi connectivity index (χ2v) is 2.35. The van der Waals surface area contributed by atoms with Crippen molar-refractivity contribution in [3.8, 4) is 0 Å². The van der Waals surface area contributed by atoms with Crippen LogP contribution in [0.4, 0.5) is 4.39 Å². The second-order valence-electron chi connectivity index (χ2n) is 2.35. The number of benzene rings is 1. The molecule has 3 N–H and O–H groups in total. The number of amides is 1. The smallest absolute Gasteiger partial charge is 0.312 e. The minimum absolute atomic E-state index is 0.155. The van der Waals surface area contributed by atoms with E-state index >= 15 is 0 Å². The molecule has 0 aliphatic heterocycles. The van der Waals surface area contributed by atoms with Gasteiger partial charge in [0.2, 0.25) is 0 Å². The van der Waals surface area contributed by atoms with Crippen LogP contribution in [0.5, 0.6) is 0 Å². The lowest BCUT2D eigenvalue weighted by Gasteiger charge is -2.14. The summed E-state index contributed by atoms with van der Waals surface area (Å²) in [6.45, 7) is 0. The molecule has 0 heterocycles. The molecule has 0 spiro atoms. The van der Waals surface area contributed by atoms with Gasteiger partial charge >= 0.3 is 5.85 Å². The van der Waals surface area contributed by atoms with Crippen LogP contribution in [0.3, 0.4) is 0 Å². The average molecular weight is 169 g/mol. The highest BCUT2D eigenvalue weighted by Crippen LogP contribution is 2.21. The van der Waals surface area contributed by atoms with Crippen LogP contribution in [0.15, 0.2) is 30.3 Å². The molecule has 0 saturated carbocycles. The number of hydrogen-bond acceptors (Lipinski definition) is 2. The van der Waals surface area contributed by atoms with Crippen molar-refractivity contribution in [3.63, 3.8) is 0 Å². The molecule has 1 atom stereocenters. The van der Waals surface area contributed by atoms with Crippen molar-refractivity contribution in [2.24, 2.45) is 5.73 Å². The predicted octanol–water partition coefficient (Wildman–Crippen LogP) is 0.286. The van der Waals surface area contributed by atoms with Crippen molar-refractivity contribution in [1.29, 1.82) is 0 Å². The van der Waals surface area contributed by atoms with Crippen LogP contribution >= 0.6 is 0 Å². The minimum Gasteiger partial charge on any atom is -0.364 e. The molecule has 4 heteroatoms. The molecule has 1 amide bonds. The first-order valence-corrected chi connectivity index (χ1v) is 3.32. The molecule has 64 valence electrons. The molecule has 3 nitrogen and oxygen atoms in total. The molecule has 1 unspecified atom stereocenters. The lowest BCUT2D eigenvalue weighted by atomic mass is 10.1. The summed E-state index contributed by atoms with van der Waals surface area (Å²) in [5, 5.41) is 8.92. The van der Waals surface area contributed by atoms with Gasteiger partial charge in [-0.2, -0.15) is 4.39 Å². The zero-order chi connectivity index (χ0) is 9.19. The highest BCUT2D eigenvalue weighted by atomic mass is 19.2. The third-order valence-corrected chi connectivity index (χ3v) is 1.48. The maximum atomic E-state index is 13.0. The van der Waals surface area contributed by atoms with E-state index in [1.807, 2.05) is 0 Å². The highest BCUT2D eigenvalue weighted by molar-refractivity contribution is 5.82. The molecule has 0 aliphatic rings. The first kappa shape index (κ1) is 8.67. The number of nitrogens with two attached hydrogens (primary N) is 1. The van der Waals surface area contributed by atoms with E-state index in [1.54, 1.807) is 6.07 Å². The molecule has 1 aromatic carbocycles. The van der Waals surface area contributed by atoms with E-state index < -0.39 is 11.8 Å². The van der Waals surface area contributed by atoms with E-state index in [9.17, 15) is 9.18 Å². The first-order chi connectivity index (χ1) is 5.55. The SMILES string of the molecule is NC(=O)C(O)(F)c1ccccc1. The summed E-state index contributed by atoms with van der Waals surface area (Å²) in [5.41, 5.74) is 4.48. The van der Waals surface area contributed by atoms with Crippen LogP contribution < -0.4 is 5.73 Å². The lowest BCUT2D eigenvalue weighted by molar-refractivity contribution is -0.159.